The molecule has 0 aromatic carbocycles. The van der Waals surface area contributed by atoms with Gasteiger partial charge in [0.25, 0.3) is 0 Å². The number of carbonyl (C=O) groups is 1. The van der Waals surface area contributed by atoms with Crippen LogP contribution in [-0.2, 0) is 9.08 Å². The van der Waals surface area contributed by atoms with Crippen molar-refractivity contribution in [3.05, 3.63) is 29.0 Å². The lowest BCUT2D eigenvalue weighted by Gasteiger charge is -2.07. The number of halogens is 1. The quantitative estimate of drug-likeness (QED) is 0.372. The predicted octanol–water partition coefficient (Wildman–Crippen LogP) is 4.95. The zero-order valence-corrected chi connectivity index (χ0v) is 12.5. The van der Waals surface area contributed by atoms with Gasteiger partial charge in [0.05, 0.1) is 5.57 Å². The van der Waals surface area contributed by atoms with Gasteiger partial charge in [0, 0.05) is 0 Å². The van der Waals surface area contributed by atoms with Gasteiger partial charge in [0.15, 0.2) is 0 Å². The van der Waals surface area contributed by atoms with Gasteiger partial charge in [-0.25, -0.2) is 4.79 Å². The maximum absolute atomic E-state index is 11.0. The van der Waals surface area contributed by atoms with Crippen LogP contribution in [0.25, 0.3) is 0 Å². The highest BCUT2D eigenvalue weighted by molar-refractivity contribution is 6.15. The van der Waals surface area contributed by atoms with E-state index in [4.69, 9.17) is 11.9 Å². The number of rotatable bonds is 7. The fourth-order valence-electron chi connectivity index (χ4n) is 1.52. The van der Waals surface area contributed by atoms with E-state index < -0.39 is 5.97 Å². The molecule has 18 heavy (non-hydrogen) atoms. The molecule has 0 aliphatic rings. The van der Waals surface area contributed by atoms with Gasteiger partial charge in [-0.2, -0.15) is 0 Å². The Bertz CT molecular complexity index is 350. The van der Waals surface area contributed by atoms with E-state index in [2.05, 4.69) is 36.9 Å². The van der Waals surface area contributed by atoms with Crippen LogP contribution in [0, 0.1) is 5.92 Å². The second kappa shape index (κ2) is 9.99. The Morgan fingerprint density at radius 3 is 2.67 bits per heavy atom. The maximum atomic E-state index is 11.0. The van der Waals surface area contributed by atoms with Crippen LogP contribution in [0.2, 0.25) is 0 Å². The first-order chi connectivity index (χ1) is 8.51. The van der Waals surface area contributed by atoms with Crippen LogP contribution in [-0.4, -0.2) is 5.97 Å². The molecule has 3 heteroatoms. The lowest BCUT2D eigenvalue weighted by atomic mass is 9.98. The molecule has 0 spiro atoms. The molecule has 0 radical (unpaired) electrons. The number of hydrogen-bond donors (Lipinski definition) is 0. The van der Waals surface area contributed by atoms with E-state index in [1.807, 2.05) is 6.08 Å². The SMILES string of the molecule is C/C=C(\C)CCCC(C)CC=C=C(C)C(=O)OCl. The smallest absolute Gasteiger partial charge is 0.343 e. The first-order valence-corrected chi connectivity index (χ1v) is 6.68. The summed E-state index contributed by atoms with van der Waals surface area (Å²) in [5.41, 5.74) is 4.74. The van der Waals surface area contributed by atoms with Crippen molar-refractivity contribution in [2.24, 2.45) is 5.92 Å². The van der Waals surface area contributed by atoms with E-state index >= 15 is 0 Å². The van der Waals surface area contributed by atoms with E-state index in [0.29, 0.717) is 11.5 Å². The molecule has 0 aromatic rings. The molecule has 0 rings (SSSR count). The molecule has 1 unspecified atom stereocenters. The van der Waals surface area contributed by atoms with Crippen molar-refractivity contribution in [3.8, 4) is 0 Å². The zero-order valence-electron chi connectivity index (χ0n) is 11.8. The molecule has 0 amide bonds. The first kappa shape index (κ1) is 17.0. The summed E-state index contributed by atoms with van der Waals surface area (Å²) < 4.78 is 4.08. The Morgan fingerprint density at radius 1 is 1.44 bits per heavy atom. The minimum atomic E-state index is -0.538. The van der Waals surface area contributed by atoms with Crippen molar-refractivity contribution in [3.63, 3.8) is 0 Å². The molecular weight excluding hydrogens is 248 g/mol. The number of carbonyl (C=O) groups excluding carboxylic acids is 1. The third kappa shape index (κ3) is 8.16. The lowest BCUT2D eigenvalue weighted by Crippen LogP contribution is -1.96. The highest BCUT2D eigenvalue weighted by Gasteiger charge is 2.03. The largest absolute Gasteiger partial charge is 0.359 e. The van der Waals surface area contributed by atoms with Gasteiger partial charge in [-0.3, -0.25) is 0 Å². The third-order valence-electron chi connectivity index (χ3n) is 2.98. The fourth-order valence-corrected chi connectivity index (χ4v) is 1.64. The minimum Gasteiger partial charge on any atom is -0.343 e. The summed E-state index contributed by atoms with van der Waals surface area (Å²) in [5.74, 6) is 0.0613. The molecule has 2 nitrogen and oxygen atoms in total. The van der Waals surface area contributed by atoms with Gasteiger partial charge < -0.3 is 4.29 Å². The Hall–Kier alpha value is -0.980. The summed E-state index contributed by atoms with van der Waals surface area (Å²) in [4.78, 5) is 11.0. The second-order valence-electron chi connectivity index (χ2n) is 4.71. The van der Waals surface area contributed by atoms with Gasteiger partial charge in [-0.05, 0) is 52.0 Å². The van der Waals surface area contributed by atoms with Crippen LogP contribution in [0.3, 0.4) is 0 Å². The van der Waals surface area contributed by atoms with Gasteiger partial charge in [0.2, 0.25) is 0 Å². The van der Waals surface area contributed by atoms with Crippen LogP contribution in [0.4, 0.5) is 0 Å². The highest BCUT2D eigenvalue weighted by atomic mass is 35.5. The topological polar surface area (TPSA) is 26.3 Å². The monoisotopic (exact) mass is 270 g/mol. The van der Waals surface area contributed by atoms with E-state index in [-0.39, 0.29) is 0 Å². The van der Waals surface area contributed by atoms with E-state index in [9.17, 15) is 4.79 Å². The Balaban J connectivity index is 4.00. The van der Waals surface area contributed by atoms with E-state index in [1.54, 1.807) is 6.92 Å². The Kier molecular flexibility index (Phi) is 9.45. The standard InChI is InChI=1S/C15H23ClO2/c1-5-12(2)8-6-9-13(3)10-7-11-14(4)15(17)18-16/h5,7,13H,6,8-10H2,1-4H3/b12-5+. The average molecular weight is 271 g/mol. The van der Waals surface area contributed by atoms with Crippen molar-refractivity contribution in [2.45, 2.75) is 53.4 Å². The molecule has 0 saturated heterocycles. The minimum absolute atomic E-state index is 0.405. The van der Waals surface area contributed by atoms with Crippen LogP contribution < -0.4 is 0 Å². The van der Waals surface area contributed by atoms with Crippen LogP contribution >= 0.6 is 11.9 Å². The highest BCUT2D eigenvalue weighted by Crippen LogP contribution is 2.15. The van der Waals surface area contributed by atoms with Crippen molar-refractivity contribution >= 4 is 17.8 Å². The Morgan fingerprint density at radius 2 is 2.11 bits per heavy atom. The summed E-state index contributed by atoms with van der Waals surface area (Å²) in [6, 6.07) is 0. The number of allylic oxidation sites excluding steroid dienone is 2. The average Bonchev–Trinajstić information content (AvgIpc) is 2.37. The lowest BCUT2D eigenvalue weighted by molar-refractivity contribution is -0.129. The van der Waals surface area contributed by atoms with Crippen molar-refractivity contribution in [2.75, 3.05) is 0 Å². The predicted molar refractivity (Wildman–Crippen MR) is 76.3 cm³/mol. The first-order valence-electron chi connectivity index (χ1n) is 6.37. The maximum Gasteiger partial charge on any atom is 0.359 e. The summed E-state index contributed by atoms with van der Waals surface area (Å²) in [6.45, 7) is 8.08. The molecule has 0 heterocycles. The van der Waals surface area contributed by atoms with E-state index in [0.717, 1.165) is 12.8 Å². The normalized spacial score (nSPS) is 12.6. The van der Waals surface area contributed by atoms with Gasteiger partial charge in [-0.15, -0.1) is 5.73 Å². The molecule has 1 atom stereocenters. The van der Waals surface area contributed by atoms with E-state index in [1.165, 1.54) is 18.4 Å². The fraction of sp³-hybridized carbons (Fsp3) is 0.600. The molecule has 0 fully saturated rings. The van der Waals surface area contributed by atoms with Crippen LogP contribution in [0.1, 0.15) is 53.4 Å². The van der Waals surface area contributed by atoms with Gasteiger partial charge in [-0.1, -0.05) is 25.0 Å². The summed E-state index contributed by atoms with van der Waals surface area (Å²) >= 11 is 4.97. The molecular formula is C15H23ClO2. The molecule has 0 aliphatic heterocycles. The second-order valence-corrected chi connectivity index (χ2v) is 4.86. The van der Waals surface area contributed by atoms with Gasteiger partial charge in [0.1, 0.15) is 11.9 Å². The van der Waals surface area contributed by atoms with Crippen molar-refractivity contribution in [1.29, 1.82) is 0 Å². The molecule has 0 bridgehead atoms. The third-order valence-corrected chi connectivity index (χ3v) is 3.12. The van der Waals surface area contributed by atoms with Crippen molar-refractivity contribution < 1.29 is 9.08 Å². The number of hydrogen-bond acceptors (Lipinski definition) is 2. The van der Waals surface area contributed by atoms with Crippen LogP contribution in [0.15, 0.2) is 29.0 Å². The summed E-state index contributed by atoms with van der Waals surface area (Å²) in [6.07, 6.45) is 8.52. The zero-order chi connectivity index (χ0) is 14.0. The summed E-state index contributed by atoms with van der Waals surface area (Å²) in [7, 11) is 0. The van der Waals surface area contributed by atoms with Crippen LogP contribution in [0.5, 0.6) is 0 Å². The molecule has 102 valence electrons. The Labute approximate surface area is 116 Å². The van der Waals surface area contributed by atoms with Crippen molar-refractivity contribution in [1.82, 2.24) is 0 Å². The molecule has 0 aliphatic carbocycles. The molecule has 0 N–H and O–H groups in total. The van der Waals surface area contributed by atoms with Gasteiger partial charge >= 0.3 is 5.97 Å². The molecule has 0 aromatic heterocycles. The summed E-state index contributed by atoms with van der Waals surface area (Å²) in [5, 5.41) is 0. The molecule has 0 saturated carbocycles.